The lowest BCUT2D eigenvalue weighted by Gasteiger charge is -2.23. The molecular weight excluding hydrogens is 484 g/mol. The van der Waals surface area contributed by atoms with Gasteiger partial charge in [-0.05, 0) is 71.4 Å². The van der Waals surface area contributed by atoms with Crippen LogP contribution >= 0.6 is 0 Å². The van der Waals surface area contributed by atoms with E-state index in [1.165, 1.54) is 54.6 Å². The number of fused-ring (bicyclic) bond motifs is 2. The van der Waals surface area contributed by atoms with Gasteiger partial charge < -0.3 is 0 Å². The molecule has 0 bridgehead atoms. The smallest absolute Gasteiger partial charge is 0.194 e. The third kappa shape index (κ3) is 2.74. The predicted molar refractivity (Wildman–Crippen MR) is 168 cm³/mol. The molecule has 0 atom stereocenters. The highest BCUT2D eigenvalue weighted by molar-refractivity contribution is 6.38. The van der Waals surface area contributed by atoms with E-state index in [0.717, 1.165) is 32.7 Å². The lowest BCUT2D eigenvalue weighted by atomic mass is 9.79. The van der Waals surface area contributed by atoms with Crippen molar-refractivity contribution in [2.24, 2.45) is 0 Å². The summed E-state index contributed by atoms with van der Waals surface area (Å²) in [5.74, 6) is 0.113. The molecule has 0 amide bonds. The van der Waals surface area contributed by atoms with E-state index in [4.69, 9.17) is 0 Å². The SMILES string of the molecule is O=C1c2cccc3ccc4cc(-c5c6ccccc6c(-c6ccccc6)c6ccccc56)c5cccc1c5c4c23. The zero-order valence-electron chi connectivity index (χ0n) is 21.6. The van der Waals surface area contributed by atoms with Crippen LogP contribution in [0.15, 0.2) is 133 Å². The molecule has 1 heteroatoms. The zero-order chi connectivity index (χ0) is 26.4. The molecule has 184 valence electrons. The van der Waals surface area contributed by atoms with E-state index < -0.39 is 0 Å². The molecule has 1 aliphatic rings. The van der Waals surface area contributed by atoms with Crippen LogP contribution in [0.3, 0.4) is 0 Å². The lowest BCUT2D eigenvalue weighted by Crippen LogP contribution is -2.08. The summed E-state index contributed by atoms with van der Waals surface area (Å²) < 4.78 is 0. The summed E-state index contributed by atoms with van der Waals surface area (Å²) in [6.07, 6.45) is 0. The quantitative estimate of drug-likeness (QED) is 0.168. The van der Waals surface area contributed by atoms with Gasteiger partial charge in [0.1, 0.15) is 0 Å². The van der Waals surface area contributed by atoms with Crippen molar-refractivity contribution in [2.45, 2.75) is 0 Å². The molecule has 1 nitrogen and oxygen atoms in total. The van der Waals surface area contributed by atoms with Crippen LogP contribution in [-0.4, -0.2) is 5.78 Å². The maximum atomic E-state index is 13.8. The van der Waals surface area contributed by atoms with Gasteiger partial charge in [0.2, 0.25) is 0 Å². The molecule has 0 fully saturated rings. The highest BCUT2D eigenvalue weighted by atomic mass is 16.1. The second-order valence-electron chi connectivity index (χ2n) is 10.8. The summed E-state index contributed by atoms with van der Waals surface area (Å²) in [5.41, 5.74) is 6.46. The normalized spacial score (nSPS) is 12.6. The molecule has 0 unspecified atom stereocenters. The Kier molecular flexibility index (Phi) is 4.26. The van der Waals surface area contributed by atoms with E-state index in [9.17, 15) is 4.79 Å². The van der Waals surface area contributed by atoms with E-state index in [1.54, 1.807) is 0 Å². The number of carbonyl (C=O) groups is 1. The van der Waals surface area contributed by atoms with Crippen LogP contribution < -0.4 is 0 Å². The maximum absolute atomic E-state index is 13.8. The summed E-state index contributed by atoms with van der Waals surface area (Å²) >= 11 is 0. The van der Waals surface area contributed by atoms with Crippen molar-refractivity contribution in [2.75, 3.05) is 0 Å². The van der Waals surface area contributed by atoms with Crippen molar-refractivity contribution in [3.63, 3.8) is 0 Å². The number of hydrogen-bond donors (Lipinski definition) is 0. The number of rotatable bonds is 2. The largest absolute Gasteiger partial charge is 0.289 e. The Morgan fingerprint density at radius 3 is 1.60 bits per heavy atom. The minimum absolute atomic E-state index is 0.113. The molecule has 0 spiro atoms. The Balaban J connectivity index is 1.52. The molecule has 8 aromatic carbocycles. The second kappa shape index (κ2) is 7.88. The summed E-state index contributed by atoms with van der Waals surface area (Å²) in [4.78, 5) is 13.8. The van der Waals surface area contributed by atoms with Gasteiger partial charge in [-0.25, -0.2) is 0 Å². The molecule has 0 saturated carbocycles. The first-order valence-electron chi connectivity index (χ1n) is 13.7. The van der Waals surface area contributed by atoms with Gasteiger partial charge in [0, 0.05) is 21.9 Å². The van der Waals surface area contributed by atoms with Gasteiger partial charge in [0.15, 0.2) is 5.78 Å². The highest BCUT2D eigenvalue weighted by Crippen LogP contribution is 2.49. The minimum atomic E-state index is 0.113. The van der Waals surface area contributed by atoms with Gasteiger partial charge in [0.05, 0.1) is 0 Å². The summed E-state index contributed by atoms with van der Waals surface area (Å²) in [6, 6.07) is 47.3. The molecule has 0 aliphatic heterocycles. The monoisotopic (exact) mass is 506 g/mol. The van der Waals surface area contributed by atoms with Crippen molar-refractivity contribution < 1.29 is 4.79 Å². The van der Waals surface area contributed by atoms with Crippen molar-refractivity contribution in [3.8, 4) is 22.3 Å². The van der Waals surface area contributed by atoms with E-state index in [2.05, 4.69) is 109 Å². The number of benzene rings is 8. The number of hydrogen-bond acceptors (Lipinski definition) is 1. The van der Waals surface area contributed by atoms with Crippen LogP contribution in [0.2, 0.25) is 0 Å². The van der Waals surface area contributed by atoms with Crippen LogP contribution in [-0.2, 0) is 0 Å². The minimum Gasteiger partial charge on any atom is -0.289 e. The molecule has 9 rings (SSSR count). The molecule has 40 heavy (non-hydrogen) atoms. The Labute approximate surface area is 230 Å². The van der Waals surface area contributed by atoms with E-state index in [0.29, 0.717) is 0 Å². The van der Waals surface area contributed by atoms with Gasteiger partial charge in [-0.1, -0.05) is 127 Å². The maximum Gasteiger partial charge on any atom is 0.194 e. The fourth-order valence-electron chi connectivity index (χ4n) is 7.13. The van der Waals surface area contributed by atoms with Crippen molar-refractivity contribution in [3.05, 3.63) is 145 Å². The van der Waals surface area contributed by atoms with Crippen molar-refractivity contribution in [1.29, 1.82) is 0 Å². The Bertz CT molecular complexity index is 2320. The first-order valence-corrected chi connectivity index (χ1v) is 13.7. The van der Waals surface area contributed by atoms with Gasteiger partial charge >= 0.3 is 0 Å². The number of carbonyl (C=O) groups excluding carboxylic acids is 1. The van der Waals surface area contributed by atoms with Crippen LogP contribution in [0.1, 0.15) is 15.9 Å². The molecule has 0 aromatic heterocycles. The van der Waals surface area contributed by atoms with Gasteiger partial charge in [0.25, 0.3) is 0 Å². The predicted octanol–water partition coefficient (Wildman–Crippen LogP) is 10.3. The highest BCUT2D eigenvalue weighted by Gasteiger charge is 2.26. The third-order valence-corrected chi connectivity index (χ3v) is 8.73. The average Bonchev–Trinajstić information content (AvgIpc) is 3.02. The second-order valence-corrected chi connectivity index (χ2v) is 10.8. The van der Waals surface area contributed by atoms with E-state index in [1.807, 2.05) is 24.3 Å². The van der Waals surface area contributed by atoms with Crippen molar-refractivity contribution in [1.82, 2.24) is 0 Å². The van der Waals surface area contributed by atoms with E-state index in [-0.39, 0.29) is 5.78 Å². The molecule has 0 saturated heterocycles. The van der Waals surface area contributed by atoms with Gasteiger partial charge in [-0.2, -0.15) is 0 Å². The summed E-state index contributed by atoms with van der Waals surface area (Å²) in [5, 5.41) is 11.7. The topological polar surface area (TPSA) is 17.1 Å². The van der Waals surface area contributed by atoms with Gasteiger partial charge in [-0.3, -0.25) is 4.79 Å². The number of ketones is 1. The molecule has 0 radical (unpaired) electrons. The summed E-state index contributed by atoms with van der Waals surface area (Å²) in [7, 11) is 0. The zero-order valence-corrected chi connectivity index (χ0v) is 21.6. The summed E-state index contributed by atoms with van der Waals surface area (Å²) in [6.45, 7) is 0. The standard InChI is InChI=1S/C39H22O/c40-39-31-18-8-12-24-20-21-25-22-33(30-17-9-19-32(39)38(30)36(25)35(24)31)37-28-15-6-4-13-26(28)34(23-10-2-1-3-11-23)27-14-5-7-16-29(27)37/h1-22H. The first kappa shape index (κ1) is 21.6. The molecule has 0 N–H and O–H groups in total. The van der Waals surface area contributed by atoms with Crippen LogP contribution in [0.25, 0.3) is 76.1 Å². The Hall–Kier alpha value is -5.27. The molecular formula is C39H22O. The van der Waals surface area contributed by atoms with E-state index >= 15 is 0 Å². The fraction of sp³-hybridized carbons (Fsp3) is 0. The van der Waals surface area contributed by atoms with Crippen molar-refractivity contribution >= 4 is 59.6 Å². The Morgan fingerprint density at radius 1 is 0.350 bits per heavy atom. The van der Waals surface area contributed by atoms with Crippen LogP contribution in [0.5, 0.6) is 0 Å². The first-order chi connectivity index (χ1) is 19.8. The fourth-order valence-corrected chi connectivity index (χ4v) is 7.13. The van der Waals surface area contributed by atoms with Crippen LogP contribution in [0.4, 0.5) is 0 Å². The molecule has 8 aromatic rings. The van der Waals surface area contributed by atoms with Gasteiger partial charge in [-0.15, -0.1) is 0 Å². The average molecular weight is 507 g/mol. The lowest BCUT2D eigenvalue weighted by molar-refractivity contribution is 0.104. The Morgan fingerprint density at radius 2 is 0.900 bits per heavy atom. The third-order valence-electron chi connectivity index (χ3n) is 8.73. The molecule has 1 aliphatic carbocycles. The van der Waals surface area contributed by atoms with Crippen LogP contribution in [0, 0.1) is 0 Å². The molecule has 0 heterocycles.